The van der Waals surface area contributed by atoms with Crippen molar-refractivity contribution in [2.24, 2.45) is 0 Å². The molecule has 2 N–H and O–H groups in total. The van der Waals surface area contributed by atoms with Crippen molar-refractivity contribution in [1.82, 2.24) is 0 Å². The molecule has 0 aliphatic carbocycles. The Balaban J connectivity index is 2.23. The molecule has 29 heavy (non-hydrogen) atoms. The number of amides is 2. The summed E-state index contributed by atoms with van der Waals surface area (Å²) in [4.78, 5) is 24.3. The average Bonchev–Trinajstić information content (AvgIpc) is 2.59. The molecule has 0 aromatic heterocycles. The number of ether oxygens (including phenoxy) is 2. The molecule has 0 saturated heterocycles. The van der Waals surface area contributed by atoms with Gasteiger partial charge in [-0.3, -0.25) is 10.1 Å². The molecule has 2 aromatic rings. The molecule has 2 aromatic carbocycles. The van der Waals surface area contributed by atoms with E-state index in [0.29, 0.717) is 5.69 Å². The molecule has 156 valence electrons. The van der Waals surface area contributed by atoms with Crippen molar-refractivity contribution >= 4 is 23.4 Å². The third-order valence-electron chi connectivity index (χ3n) is 3.55. The number of methoxy groups -OCH3 is 1. The topological polar surface area (TPSA) is 76.7 Å². The normalized spacial score (nSPS) is 11.6. The van der Waals surface area contributed by atoms with Gasteiger partial charge in [-0.1, -0.05) is 6.07 Å². The average molecular weight is 410 g/mol. The van der Waals surface area contributed by atoms with Crippen LogP contribution >= 0.6 is 0 Å². The molecule has 0 aliphatic heterocycles. The van der Waals surface area contributed by atoms with Gasteiger partial charge in [0, 0.05) is 11.3 Å². The molecule has 6 nitrogen and oxygen atoms in total. The maximum absolute atomic E-state index is 12.9. The van der Waals surface area contributed by atoms with E-state index in [0.717, 1.165) is 18.2 Å². The molecule has 0 fully saturated rings. The van der Waals surface area contributed by atoms with E-state index in [2.05, 4.69) is 10.6 Å². The summed E-state index contributed by atoms with van der Waals surface area (Å²) in [6.45, 7) is 5.13. The van der Waals surface area contributed by atoms with Gasteiger partial charge < -0.3 is 14.8 Å². The van der Waals surface area contributed by atoms with Crippen LogP contribution in [0.2, 0.25) is 0 Å². The van der Waals surface area contributed by atoms with Crippen LogP contribution in [-0.2, 0) is 10.9 Å². The summed E-state index contributed by atoms with van der Waals surface area (Å²) in [6, 6.07) is 8.48. The minimum absolute atomic E-state index is 0.170. The number of nitrogens with one attached hydrogen (secondary N) is 2. The largest absolute Gasteiger partial charge is 0.495 e. The van der Waals surface area contributed by atoms with Gasteiger partial charge in [-0.2, -0.15) is 13.2 Å². The summed E-state index contributed by atoms with van der Waals surface area (Å²) in [6.07, 6.45) is -5.26. The van der Waals surface area contributed by atoms with Crippen LogP contribution in [0.5, 0.6) is 5.75 Å². The van der Waals surface area contributed by atoms with E-state index in [9.17, 15) is 22.8 Å². The summed E-state index contributed by atoms with van der Waals surface area (Å²) < 4.78 is 48.9. The van der Waals surface area contributed by atoms with Crippen LogP contribution in [0.15, 0.2) is 42.5 Å². The lowest BCUT2D eigenvalue weighted by Gasteiger charge is -2.20. The number of alkyl halides is 3. The van der Waals surface area contributed by atoms with Crippen LogP contribution in [0.4, 0.5) is 29.3 Å². The lowest BCUT2D eigenvalue weighted by molar-refractivity contribution is -0.137. The van der Waals surface area contributed by atoms with Crippen molar-refractivity contribution in [2.45, 2.75) is 32.5 Å². The molecule has 0 atom stereocenters. The fourth-order valence-electron chi connectivity index (χ4n) is 2.34. The van der Waals surface area contributed by atoms with E-state index in [4.69, 9.17) is 9.47 Å². The van der Waals surface area contributed by atoms with Crippen LogP contribution in [0, 0.1) is 0 Å². The van der Waals surface area contributed by atoms with Gasteiger partial charge in [-0.05, 0) is 57.2 Å². The van der Waals surface area contributed by atoms with Crippen LogP contribution in [-0.4, -0.2) is 24.7 Å². The number of rotatable bonds is 4. The van der Waals surface area contributed by atoms with Gasteiger partial charge >= 0.3 is 12.3 Å². The van der Waals surface area contributed by atoms with Crippen molar-refractivity contribution in [3.8, 4) is 5.75 Å². The van der Waals surface area contributed by atoms with E-state index in [1.54, 1.807) is 20.8 Å². The molecule has 0 saturated carbocycles. The fourth-order valence-corrected chi connectivity index (χ4v) is 2.34. The number of hydrogen-bond donors (Lipinski definition) is 2. The Morgan fingerprint density at radius 3 is 2.24 bits per heavy atom. The highest BCUT2D eigenvalue weighted by Gasteiger charge is 2.31. The SMILES string of the molecule is COc1ccc(NC(=O)OC(C)(C)C)cc1NC(=O)c1cccc(C(F)(F)F)c1. The Kier molecular flexibility index (Phi) is 6.41. The molecule has 2 rings (SSSR count). The first-order valence-electron chi connectivity index (χ1n) is 8.56. The second-order valence-corrected chi connectivity index (χ2v) is 7.07. The molecule has 0 spiro atoms. The van der Waals surface area contributed by atoms with Gasteiger partial charge in [0.25, 0.3) is 5.91 Å². The Bertz CT molecular complexity index is 905. The number of anilines is 2. The van der Waals surface area contributed by atoms with E-state index < -0.39 is 29.3 Å². The molecule has 0 unspecified atom stereocenters. The summed E-state index contributed by atoms with van der Waals surface area (Å²) in [5, 5.41) is 5.01. The summed E-state index contributed by atoms with van der Waals surface area (Å²) in [5.74, 6) is -0.496. The Hall–Kier alpha value is -3.23. The predicted octanol–water partition coefficient (Wildman–Crippen LogP) is 5.31. The second-order valence-electron chi connectivity index (χ2n) is 7.07. The van der Waals surface area contributed by atoms with Crippen LogP contribution in [0.3, 0.4) is 0 Å². The Morgan fingerprint density at radius 1 is 0.966 bits per heavy atom. The highest BCUT2D eigenvalue weighted by atomic mass is 19.4. The summed E-state index contributed by atoms with van der Waals surface area (Å²) in [5.41, 5.74) is -1.33. The molecule has 9 heteroatoms. The van der Waals surface area contributed by atoms with E-state index in [1.165, 1.54) is 31.4 Å². The smallest absolute Gasteiger partial charge is 0.416 e. The monoisotopic (exact) mass is 410 g/mol. The first-order valence-corrected chi connectivity index (χ1v) is 8.56. The molecule has 0 heterocycles. The van der Waals surface area contributed by atoms with Gasteiger partial charge in [-0.15, -0.1) is 0 Å². The minimum atomic E-state index is -4.56. The maximum atomic E-state index is 12.9. The van der Waals surface area contributed by atoms with E-state index >= 15 is 0 Å². The zero-order valence-corrected chi connectivity index (χ0v) is 16.3. The zero-order chi connectivity index (χ0) is 21.8. The van der Waals surface area contributed by atoms with Crippen molar-refractivity contribution in [1.29, 1.82) is 0 Å². The molecular formula is C20H21F3N2O4. The molecule has 0 aliphatic rings. The van der Waals surface area contributed by atoms with Crippen molar-refractivity contribution < 1.29 is 32.2 Å². The number of carbonyl (C=O) groups is 2. The van der Waals surface area contributed by atoms with Gasteiger partial charge in [0.1, 0.15) is 11.4 Å². The third-order valence-corrected chi connectivity index (χ3v) is 3.55. The summed E-state index contributed by atoms with van der Waals surface area (Å²) >= 11 is 0. The molecule has 2 amide bonds. The zero-order valence-electron chi connectivity index (χ0n) is 16.3. The fraction of sp³-hybridized carbons (Fsp3) is 0.300. The van der Waals surface area contributed by atoms with Gasteiger partial charge in [0.05, 0.1) is 18.4 Å². The number of carbonyl (C=O) groups excluding carboxylic acids is 2. The number of hydrogen-bond acceptors (Lipinski definition) is 4. The maximum Gasteiger partial charge on any atom is 0.416 e. The Morgan fingerprint density at radius 2 is 1.66 bits per heavy atom. The van der Waals surface area contributed by atoms with Gasteiger partial charge in [0.15, 0.2) is 0 Å². The predicted molar refractivity (Wildman–Crippen MR) is 102 cm³/mol. The van der Waals surface area contributed by atoms with Gasteiger partial charge in [-0.25, -0.2) is 4.79 Å². The highest BCUT2D eigenvalue weighted by Crippen LogP contribution is 2.31. The standard InChI is InChI=1S/C20H21F3N2O4/c1-19(2,3)29-18(27)24-14-8-9-16(28-4)15(11-14)25-17(26)12-6-5-7-13(10-12)20(21,22)23/h5-11H,1-4H3,(H,24,27)(H,25,26). The lowest BCUT2D eigenvalue weighted by atomic mass is 10.1. The number of halogens is 3. The van der Waals surface area contributed by atoms with Crippen LogP contribution in [0.25, 0.3) is 0 Å². The number of benzene rings is 2. The van der Waals surface area contributed by atoms with Crippen LogP contribution < -0.4 is 15.4 Å². The molecule has 0 bridgehead atoms. The van der Waals surface area contributed by atoms with Crippen molar-refractivity contribution in [3.63, 3.8) is 0 Å². The molecule has 0 radical (unpaired) electrons. The highest BCUT2D eigenvalue weighted by molar-refractivity contribution is 6.05. The van der Waals surface area contributed by atoms with Gasteiger partial charge in [0.2, 0.25) is 0 Å². The first-order chi connectivity index (χ1) is 13.4. The third kappa shape index (κ3) is 6.41. The van der Waals surface area contributed by atoms with Crippen molar-refractivity contribution in [2.75, 3.05) is 17.7 Å². The lowest BCUT2D eigenvalue weighted by Crippen LogP contribution is -2.27. The van der Waals surface area contributed by atoms with E-state index in [1.807, 2.05) is 0 Å². The molecular weight excluding hydrogens is 389 g/mol. The first kappa shape index (κ1) is 22.1. The summed E-state index contributed by atoms with van der Waals surface area (Å²) in [7, 11) is 1.37. The second kappa shape index (κ2) is 8.42. The minimum Gasteiger partial charge on any atom is -0.495 e. The van der Waals surface area contributed by atoms with E-state index in [-0.39, 0.29) is 17.0 Å². The van der Waals surface area contributed by atoms with Crippen molar-refractivity contribution in [3.05, 3.63) is 53.6 Å². The quantitative estimate of drug-likeness (QED) is 0.716. The Labute approximate surface area is 166 Å². The van der Waals surface area contributed by atoms with Crippen LogP contribution in [0.1, 0.15) is 36.7 Å².